The first-order valence-corrected chi connectivity index (χ1v) is 6.91. The number of aliphatic carboxylic acids is 1. The molecule has 0 atom stereocenters. The molecule has 110 valence electrons. The van der Waals surface area contributed by atoms with Crippen LogP contribution in [0.25, 0.3) is 0 Å². The van der Waals surface area contributed by atoms with Gasteiger partial charge in [0.1, 0.15) is 5.69 Å². The fourth-order valence-electron chi connectivity index (χ4n) is 1.48. The summed E-state index contributed by atoms with van der Waals surface area (Å²) in [5.74, 6) is -0.996. The van der Waals surface area contributed by atoms with Crippen LogP contribution >= 0.6 is 11.8 Å². The number of carboxylic acids is 1. The van der Waals surface area contributed by atoms with Gasteiger partial charge in [0.2, 0.25) is 11.8 Å². The predicted molar refractivity (Wildman–Crippen MR) is 78.7 cm³/mol. The Labute approximate surface area is 121 Å². The predicted octanol–water partition coefficient (Wildman–Crippen LogP) is 0.912. The molecule has 0 saturated carbocycles. The van der Waals surface area contributed by atoms with E-state index in [1.54, 1.807) is 12.3 Å². The van der Waals surface area contributed by atoms with Crippen molar-refractivity contribution in [1.82, 2.24) is 4.98 Å². The van der Waals surface area contributed by atoms with Crippen LogP contribution in [0.1, 0.15) is 0 Å². The highest BCUT2D eigenvalue weighted by Gasteiger charge is 2.15. The lowest BCUT2D eigenvalue weighted by Crippen LogP contribution is -2.19. The number of anilines is 2. The van der Waals surface area contributed by atoms with E-state index < -0.39 is 5.97 Å². The number of rotatable bonds is 7. The van der Waals surface area contributed by atoms with E-state index in [-0.39, 0.29) is 17.4 Å². The van der Waals surface area contributed by atoms with Crippen molar-refractivity contribution >= 4 is 35.0 Å². The standard InChI is InChI=1S/C12H17N3O4S/c1-15(2)8-4-5-13-12(19-3)11(8)14-9(16)6-20-7-10(17)18/h4-5H,6-7H2,1-3H3,(H,14,16)(H,17,18). The first-order valence-electron chi connectivity index (χ1n) is 5.75. The molecule has 0 saturated heterocycles. The van der Waals surface area contributed by atoms with Crippen LogP contribution in [0.3, 0.4) is 0 Å². The Balaban J connectivity index is 2.79. The summed E-state index contributed by atoms with van der Waals surface area (Å²) in [6, 6.07) is 1.75. The smallest absolute Gasteiger partial charge is 0.313 e. The van der Waals surface area contributed by atoms with Gasteiger partial charge in [0.25, 0.3) is 0 Å². The number of ether oxygens (including phenoxy) is 1. The third-order valence-electron chi connectivity index (χ3n) is 2.29. The van der Waals surface area contributed by atoms with E-state index in [0.29, 0.717) is 11.6 Å². The number of pyridine rings is 1. The van der Waals surface area contributed by atoms with E-state index in [2.05, 4.69) is 10.3 Å². The molecule has 0 aliphatic heterocycles. The van der Waals surface area contributed by atoms with Gasteiger partial charge in [-0.1, -0.05) is 0 Å². The molecular formula is C12H17N3O4S. The van der Waals surface area contributed by atoms with Gasteiger partial charge in [-0.3, -0.25) is 9.59 Å². The van der Waals surface area contributed by atoms with Crippen LogP contribution in [0.2, 0.25) is 0 Å². The van der Waals surface area contributed by atoms with Crippen molar-refractivity contribution in [3.63, 3.8) is 0 Å². The second-order valence-electron chi connectivity index (χ2n) is 4.04. The van der Waals surface area contributed by atoms with Crippen molar-refractivity contribution in [3.05, 3.63) is 12.3 Å². The quantitative estimate of drug-likeness (QED) is 0.773. The van der Waals surface area contributed by atoms with E-state index in [0.717, 1.165) is 17.4 Å². The number of aromatic nitrogens is 1. The Hall–Kier alpha value is -1.96. The van der Waals surface area contributed by atoms with E-state index >= 15 is 0 Å². The fraction of sp³-hybridized carbons (Fsp3) is 0.417. The Morgan fingerprint density at radius 2 is 2.15 bits per heavy atom. The molecule has 0 unspecified atom stereocenters. The first kappa shape index (κ1) is 16.1. The number of carbonyl (C=O) groups excluding carboxylic acids is 1. The van der Waals surface area contributed by atoms with Gasteiger partial charge in [-0.05, 0) is 6.07 Å². The third-order valence-corrected chi connectivity index (χ3v) is 3.21. The van der Waals surface area contributed by atoms with Gasteiger partial charge >= 0.3 is 5.97 Å². The Bertz CT molecular complexity index is 494. The number of hydrogen-bond donors (Lipinski definition) is 2. The van der Waals surface area contributed by atoms with Crippen molar-refractivity contribution in [3.8, 4) is 5.88 Å². The summed E-state index contributed by atoms with van der Waals surface area (Å²) in [7, 11) is 5.14. The number of thioether (sulfide) groups is 1. The fourth-order valence-corrected chi connectivity index (χ4v) is 2.02. The highest BCUT2D eigenvalue weighted by molar-refractivity contribution is 8.00. The SMILES string of the molecule is COc1nccc(N(C)C)c1NC(=O)CSCC(=O)O. The molecular weight excluding hydrogens is 282 g/mol. The maximum atomic E-state index is 11.8. The zero-order valence-electron chi connectivity index (χ0n) is 11.5. The van der Waals surface area contributed by atoms with Crippen molar-refractivity contribution in [2.45, 2.75) is 0 Å². The van der Waals surface area contributed by atoms with Crippen LogP contribution in [0.5, 0.6) is 5.88 Å². The molecule has 0 aliphatic rings. The molecule has 0 aliphatic carbocycles. The summed E-state index contributed by atoms with van der Waals surface area (Å²) in [6.07, 6.45) is 1.59. The van der Waals surface area contributed by atoms with Gasteiger partial charge in [0, 0.05) is 20.3 Å². The minimum absolute atomic E-state index is 0.0528. The van der Waals surface area contributed by atoms with Crippen LogP contribution in [-0.4, -0.2) is 54.7 Å². The average Bonchev–Trinajstić information content (AvgIpc) is 2.38. The number of carbonyl (C=O) groups is 2. The van der Waals surface area contributed by atoms with Crippen LogP contribution < -0.4 is 15.0 Å². The van der Waals surface area contributed by atoms with Crippen LogP contribution in [0, 0.1) is 0 Å². The van der Waals surface area contributed by atoms with Crippen LogP contribution in [0.15, 0.2) is 12.3 Å². The minimum atomic E-state index is -0.948. The maximum absolute atomic E-state index is 11.8. The molecule has 0 bridgehead atoms. The number of methoxy groups -OCH3 is 1. The second-order valence-corrected chi connectivity index (χ2v) is 5.03. The summed E-state index contributed by atoms with van der Waals surface area (Å²) >= 11 is 1.03. The summed E-state index contributed by atoms with van der Waals surface area (Å²) in [4.78, 5) is 28.1. The second kappa shape index (κ2) is 7.59. The summed E-state index contributed by atoms with van der Waals surface area (Å²) in [5, 5.41) is 11.2. The lowest BCUT2D eigenvalue weighted by Gasteiger charge is -2.19. The zero-order valence-corrected chi connectivity index (χ0v) is 12.4. The lowest BCUT2D eigenvalue weighted by molar-refractivity contribution is -0.133. The lowest BCUT2D eigenvalue weighted by atomic mass is 10.3. The van der Waals surface area contributed by atoms with E-state index in [4.69, 9.17) is 9.84 Å². The van der Waals surface area contributed by atoms with Crippen molar-refractivity contribution < 1.29 is 19.4 Å². The molecule has 0 fully saturated rings. The largest absolute Gasteiger partial charge is 0.481 e. The van der Waals surface area contributed by atoms with E-state index in [9.17, 15) is 9.59 Å². The van der Waals surface area contributed by atoms with Gasteiger partial charge in [-0.15, -0.1) is 11.8 Å². The molecule has 1 amide bonds. The highest BCUT2D eigenvalue weighted by atomic mass is 32.2. The maximum Gasteiger partial charge on any atom is 0.313 e. The number of amides is 1. The zero-order chi connectivity index (χ0) is 15.1. The Morgan fingerprint density at radius 3 is 2.70 bits per heavy atom. The average molecular weight is 299 g/mol. The van der Waals surface area contributed by atoms with Crippen molar-refractivity contribution in [2.75, 3.05) is 42.9 Å². The van der Waals surface area contributed by atoms with E-state index in [1.807, 2.05) is 19.0 Å². The molecule has 20 heavy (non-hydrogen) atoms. The van der Waals surface area contributed by atoms with Gasteiger partial charge in [-0.25, -0.2) is 4.98 Å². The first-order chi connectivity index (χ1) is 9.45. The summed E-state index contributed by atoms with van der Waals surface area (Å²) in [5.41, 5.74) is 1.23. The summed E-state index contributed by atoms with van der Waals surface area (Å²) < 4.78 is 5.13. The normalized spacial score (nSPS) is 9.95. The molecule has 0 radical (unpaired) electrons. The Morgan fingerprint density at radius 1 is 1.45 bits per heavy atom. The van der Waals surface area contributed by atoms with Gasteiger partial charge < -0.3 is 20.1 Å². The molecule has 1 rings (SSSR count). The highest BCUT2D eigenvalue weighted by Crippen LogP contribution is 2.31. The number of hydrogen-bond acceptors (Lipinski definition) is 6. The third kappa shape index (κ3) is 4.61. The van der Waals surface area contributed by atoms with Crippen molar-refractivity contribution in [2.24, 2.45) is 0 Å². The van der Waals surface area contributed by atoms with Crippen LogP contribution in [-0.2, 0) is 9.59 Å². The van der Waals surface area contributed by atoms with Crippen LogP contribution in [0.4, 0.5) is 11.4 Å². The Kier molecular flexibility index (Phi) is 6.10. The van der Waals surface area contributed by atoms with Gasteiger partial charge in [0.15, 0.2) is 0 Å². The molecule has 0 spiro atoms. The monoisotopic (exact) mass is 299 g/mol. The molecule has 1 aromatic heterocycles. The number of nitrogens with zero attached hydrogens (tertiary/aromatic N) is 2. The molecule has 1 aromatic rings. The van der Waals surface area contributed by atoms with Gasteiger partial charge in [0.05, 0.1) is 24.3 Å². The topological polar surface area (TPSA) is 91.8 Å². The van der Waals surface area contributed by atoms with E-state index in [1.165, 1.54) is 7.11 Å². The molecule has 2 N–H and O–H groups in total. The number of nitrogens with one attached hydrogen (secondary N) is 1. The van der Waals surface area contributed by atoms with Gasteiger partial charge in [-0.2, -0.15) is 0 Å². The molecule has 0 aromatic carbocycles. The molecule has 7 nitrogen and oxygen atoms in total. The number of carboxylic acid groups (broad SMARTS) is 1. The summed E-state index contributed by atoms with van der Waals surface area (Å²) in [6.45, 7) is 0. The minimum Gasteiger partial charge on any atom is -0.481 e. The molecule has 1 heterocycles. The molecule has 8 heteroatoms. The van der Waals surface area contributed by atoms with Crippen molar-refractivity contribution in [1.29, 1.82) is 0 Å².